The normalized spacial score (nSPS) is 24.0. The highest BCUT2D eigenvalue weighted by molar-refractivity contribution is 5.30. The highest BCUT2D eigenvalue weighted by Gasteiger charge is 2.39. The van der Waals surface area contributed by atoms with Crippen LogP contribution in [0.3, 0.4) is 0 Å². The molecule has 0 bridgehead atoms. The van der Waals surface area contributed by atoms with E-state index >= 15 is 0 Å². The fourth-order valence-electron chi connectivity index (χ4n) is 2.85. The van der Waals surface area contributed by atoms with Crippen LogP contribution < -0.4 is 0 Å². The van der Waals surface area contributed by atoms with Gasteiger partial charge in [0.25, 0.3) is 0 Å². The van der Waals surface area contributed by atoms with E-state index in [0.717, 1.165) is 6.07 Å². The Kier molecular flexibility index (Phi) is 4.77. The Bertz CT molecular complexity index is 574. The van der Waals surface area contributed by atoms with Gasteiger partial charge in [0.1, 0.15) is 0 Å². The standard InChI is InChI=1S/C17H21F5O/c1-9(16(2,3)4)12-7-8-13(23-12)10-5-6-11(17(20,21)22)15(19)14(10)18/h5-6,9,12-13H,7-8H2,1-4H3/t9-,12-,13+/m0/s1. The molecule has 0 saturated carbocycles. The van der Waals surface area contributed by atoms with Crippen LogP contribution in [-0.2, 0) is 10.9 Å². The fraction of sp³-hybridized carbons (Fsp3) is 0.647. The van der Waals surface area contributed by atoms with Crippen molar-refractivity contribution in [1.29, 1.82) is 0 Å². The lowest BCUT2D eigenvalue weighted by Crippen LogP contribution is -2.29. The maximum absolute atomic E-state index is 14.1. The minimum Gasteiger partial charge on any atom is -0.370 e. The summed E-state index contributed by atoms with van der Waals surface area (Å²) in [5.74, 6) is -3.13. The summed E-state index contributed by atoms with van der Waals surface area (Å²) in [6.07, 6.45) is -4.60. The van der Waals surface area contributed by atoms with Gasteiger partial charge in [-0.2, -0.15) is 13.2 Å². The van der Waals surface area contributed by atoms with Crippen molar-refractivity contribution in [2.75, 3.05) is 0 Å². The Morgan fingerprint density at radius 2 is 1.65 bits per heavy atom. The Morgan fingerprint density at radius 3 is 2.17 bits per heavy atom. The van der Waals surface area contributed by atoms with E-state index in [1.54, 1.807) is 0 Å². The van der Waals surface area contributed by atoms with E-state index in [4.69, 9.17) is 4.74 Å². The van der Waals surface area contributed by atoms with Gasteiger partial charge in [0.15, 0.2) is 11.6 Å². The summed E-state index contributed by atoms with van der Waals surface area (Å²) in [5.41, 5.74) is -1.74. The molecule has 1 aliphatic heterocycles. The second-order valence-corrected chi connectivity index (χ2v) is 7.22. The Morgan fingerprint density at radius 1 is 1.04 bits per heavy atom. The average molecular weight is 336 g/mol. The van der Waals surface area contributed by atoms with Crippen LogP contribution in [0.1, 0.15) is 57.8 Å². The SMILES string of the molecule is C[C@@H]([C@@H]1CC[C@H](c2ccc(C(F)(F)F)c(F)c2F)O1)C(C)(C)C. The zero-order valence-corrected chi connectivity index (χ0v) is 13.6. The van der Waals surface area contributed by atoms with Crippen molar-refractivity contribution in [1.82, 2.24) is 0 Å². The molecule has 130 valence electrons. The summed E-state index contributed by atoms with van der Waals surface area (Å²) in [7, 11) is 0. The summed E-state index contributed by atoms with van der Waals surface area (Å²) in [6, 6.07) is 1.56. The summed E-state index contributed by atoms with van der Waals surface area (Å²) < 4.78 is 71.4. The quantitative estimate of drug-likeness (QED) is 0.612. The van der Waals surface area contributed by atoms with E-state index in [9.17, 15) is 22.0 Å². The molecule has 1 nitrogen and oxygen atoms in total. The van der Waals surface area contributed by atoms with Crippen molar-refractivity contribution in [3.8, 4) is 0 Å². The summed E-state index contributed by atoms with van der Waals surface area (Å²) in [6.45, 7) is 8.21. The lowest BCUT2D eigenvalue weighted by Gasteiger charge is -2.32. The van der Waals surface area contributed by atoms with Crippen LogP contribution >= 0.6 is 0 Å². The molecule has 0 aliphatic carbocycles. The minimum atomic E-state index is -4.91. The molecule has 23 heavy (non-hydrogen) atoms. The summed E-state index contributed by atoms with van der Waals surface area (Å²) in [5, 5.41) is 0. The van der Waals surface area contributed by atoms with Crippen molar-refractivity contribution in [2.45, 2.75) is 58.9 Å². The second-order valence-electron chi connectivity index (χ2n) is 7.22. The first kappa shape index (κ1) is 18.2. The molecular formula is C17H21F5O. The Labute approximate surface area is 132 Å². The molecule has 3 atom stereocenters. The Hall–Kier alpha value is -1.17. The molecule has 0 radical (unpaired) electrons. The molecule has 0 N–H and O–H groups in total. The molecule has 0 spiro atoms. The molecule has 1 fully saturated rings. The van der Waals surface area contributed by atoms with Gasteiger partial charge in [0.05, 0.1) is 17.8 Å². The van der Waals surface area contributed by atoms with Gasteiger partial charge in [-0.1, -0.05) is 33.8 Å². The minimum absolute atomic E-state index is 0.0104. The van der Waals surface area contributed by atoms with Crippen LogP contribution in [-0.4, -0.2) is 6.10 Å². The van der Waals surface area contributed by atoms with E-state index in [1.807, 2.05) is 6.92 Å². The van der Waals surface area contributed by atoms with E-state index in [-0.39, 0.29) is 23.0 Å². The van der Waals surface area contributed by atoms with Crippen LogP contribution in [0.2, 0.25) is 0 Å². The number of hydrogen-bond acceptors (Lipinski definition) is 1. The van der Waals surface area contributed by atoms with Crippen molar-refractivity contribution < 1.29 is 26.7 Å². The van der Waals surface area contributed by atoms with Gasteiger partial charge < -0.3 is 4.74 Å². The Balaban J connectivity index is 2.23. The van der Waals surface area contributed by atoms with Gasteiger partial charge in [-0.25, -0.2) is 8.78 Å². The second kappa shape index (κ2) is 6.04. The topological polar surface area (TPSA) is 9.23 Å². The monoisotopic (exact) mass is 336 g/mol. The van der Waals surface area contributed by atoms with Gasteiger partial charge >= 0.3 is 6.18 Å². The van der Waals surface area contributed by atoms with Gasteiger partial charge in [-0.05, 0) is 30.2 Å². The largest absolute Gasteiger partial charge is 0.419 e. The lowest BCUT2D eigenvalue weighted by atomic mass is 9.78. The molecule has 1 aromatic carbocycles. The smallest absolute Gasteiger partial charge is 0.370 e. The number of halogens is 5. The van der Waals surface area contributed by atoms with Crippen LogP contribution in [0.25, 0.3) is 0 Å². The van der Waals surface area contributed by atoms with E-state index in [2.05, 4.69) is 20.8 Å². The van der Waals surface area contributed by atoms with Crippen molar-refractivity contribution >= 4 is 0 Å². The third-order valence-corrected chi connectivity index (χ3v) is 4.74. The third-order valence-electron chi connectivity index (χ3n) is 4.74. The molecule has 1 aromatic rings. The maximum Gasteiger partial charge on any atom is 0.419 e. The van der Waals surface area contributed by atoms with Gasteiger partial charge in [-0.15, -0.1) is 0 Å². The number of hydrogen-bond donors (Lipinski definition) is 0. The fourth-order valence-corrected chi connectivity index (χ4v) is 2.85. The predicted octanol–water partition coefficient (Wildman–Crippen LogP) is 5.89. The molecule has 1 saturated heterocycles. The predicted molar refractivity (Wildman–Crippen MR) is 76.8 cm³/mol. The molecule has 0 amide bonds. The molecule has 0 aromatic heterocycles. The molecular weight excluding hydrogens is 315 g/mol. The van der Waals surface area contributed by atoms with Crippen molar-refractivity contribution in [3.63, 3.8) is 0 Å². The first-order chi connectivity index (χ1) is 10.4. The maximum atomic E-state index is 14.1. The van der Waals surface area contributed by atoms with Gasteiger partial charge in [-0.3, -0.25) is 0 Å². The van der Waals surface area contributed by atoms with Crippen LogP contribution in [0.4, 0.5) is 22.0 Å². The van der Waals surface area contributed by atoms with Crippen molar-refractivity contribution in [2.24, 2.45) is 11.3 Å². The third kappa shape index (κ3) is 3.67. The van der Waals surface area contributed by atoms with Crippen LogP contribution in [0.15, 0.2) is 12.1 Å². The van der Waals surface area contributed by atoms with E-state index in [1.165, 1.54) is 0 Å². The first-order valence-corrected chi connectivity index (χ1v) is 7.63. The number of alkyl halides is 3. The zero-order chi connectivity index (χ0) is 17.6. The molecule has 1 aliphatic rings. The lowest BCUT2D eigenvalue weighted by molar-refractivity contribution is -0.140. The highest BCUT2D eigenvalue weighted by atomic mass is 19.4. The van der Waals surface area contributed by atoms with Gasteiger partial charge in [0, 0.05) is 5.56 Å². The number of rotatable bonds is 2. The van der Waals surface area contributed by atoms with E-state index < -0.39 is 29.5 Å². The van der Waals surface area contributed by atoms with Crippen LogP contribution in [0, 0.1) is 23.0 Å². The van der Waals surface area contributed by atoms with Crippen LogP contribution in [0.5, 0.6) is 0 Å². The van der Waals surface area contributed by atoms with Crippen molar-refractivity contribution in [3.05, 3.63) is 34.9 Å². The van der Waals surface area contributed by atoms with Gasteiger partial charge in [0.2, 0.25) is 0 Å². The average Bonchev–Trinajstić information content (AvgIpc) is 2.87. The first-order valence-electron chi connectivity index (χ1n) is 7.63. The molecule has 6 heteroatoms. The highest BCUT2D eigenvalue weighted by Crippen LogP contribution is 2.43. The molecule has 0 unspecified atom stereocenters. The van der Waals surface area contributed by atoms with E-state index in [0.29, 0.717) is 18.9 Å². The summed E-state index contributed by atoms with van der Waals surface area (Å²) >= 11 is 0. The molecule has 1 heterocycles. The molecule has 2 rings (SSSR count). The summed E-state index contributed by atoms with van der Waals surface area (Å²) in [4.78, 5) is 0. The number of ether oxygens (including phenoxy) is 1. The zero-order valence-electron chi connectivity index (χ0n) is 13.6. The number of benzene rings is 1.